The number of likely N-dealkylation sites (N-methyl/N-ethyl adjacent to an activating group) is 1. The molecule has 2 atom stereocenters. The smallest absolute Gasteiger partial charge is 0.0249 e. The van der Waals surface area contributed by atoms with Crippen LogP contribution in [0.3, 0.4) is 0 Å². The summed E-state index contributed by atoms with van der Waals surface area (Å²) in [6.45, 7) is 2.09. The van der Waals surface area contributed by atoms with E-state index in [0.717, 1.165) is 13.1 Å². The molecular weight excluding hydrogens is 204 g/mol. The Labute approximate surface area is 95.8 Å². The van der Waals surface area contributed by atoms with Gasteiger partial charge < -0.3 is 10.6 Å². The number of hydrogen-bond acceptors (Lipinski definition) is 3. The monoisotopic (exact) mass is 222 g/mol. The molecule has 2 nitrogen and oxygen atoms in total. The van der Waals surface area contributed by atoms with Crippen molar-refractivity contribution in [2.75, 3.05) is 26.4 Å². The molecule has 2 rings (SSSR count). The molecule has 3 heteroatoms. The molecule has 15 heavy (non-hydrogen) atoms. The van der Waals surface area contributed by atoms with E-state index < -0.39 is 0 Å². The van der Waals surface area contributed by atoms with Crippen molar-refractivity contribution in [1.82, 2.24) is 4.90 Å². The van der Waals surface area contributed by atoms with Gasteiger partial charge in [0, 0.05) is 29.9 Å². The third kappa shape index (κ3) is 2.36. The number of likely N-dealkylation sites (tertiary alicyclic amines) is 1. The Morgan fingerprint density at radius 3 is 2.40 bits per heavy atom. The Balaban J connectivity index is 2.15. The predicted molar refractivity (Wildman–Crippen MR) is 66.4 cm³/mol. The highest BCUT2D eigenvalue weighted by Crippen LogP contribution is 2.27. The van der Waals surface area contributed by atoms with E-state index in [4.69, 9.17) is 5.73 Å². The van der Waals surface area contributed by atoms with Crippen LogP contribution in [0.25, 0.3) is 0 Å². The van der Waals surface area contributed by atoms with E-state index in [1.165, 1.54) is 10.5 Å². The van der Waals surface area contributed by atoms with Gasteiger partial charge in [-0.25, -0.2) is 0 Å². The van der Waals surface area contributed by atoms with Crippen LogP contribution in [0.2, 0.25) is 0 Å². The van der Waals surface area contributed by atoms with Crippen LogP contribution in [0.5, 0.6) is 0 Å². The lowest BCUT2D eigenvalue weighted by molar-refractivity contribution is 0.407. The number of nitrogens with two attached hydrogens (primary N) is 1. The topological polar surface area (TPSA) is 29.3 Å². The van der Waals surface area contributed by atoms with E-state index in [-0.39, 0.29) is 6.04 Å². The normalized spacial score (nSPS) is 27.1. The van der Waals surface area contributed by atoms with Crippen molar-refractivity contribution in [3.05, 3.63) is 29.8 Å². The number of benzene rings is 1. The highest BCUT2D eigenvalue weighted by molar-refractivity contribution is 7.98. The Morgan fingerprint density at radius 1 is 1.27 bits per heavy atom. The van der Waals surface area contributed by atoms with Gasteiger partial charge in [-0.3, -0.25) is 0 Å². The minimum absolute atomic E-state index is 0.287. The van der Waals surface area contributed by atoms with Crippen LogP contribution in [-0.4, -0.2) is 37.3 Å². The van der Waals surface area contributed by atoms with Crippen LogP contribution in [0.4, 0.5) is 0 Å². The first-order valence-electron chi connectivity index (χ1n) is 5.29. The molecule has 0 radical (unpaired) electrons. The van der Waals surface area contributed by atoms with Gasteiger partial charge in [-0.05, 0) is 31.0 Å². The van der Waals surface area contributed by atoms with Gasteiger partial charge in [0.1, 0.15) is 0 Å². The molecule has 0 aliphatic carbocycles. The Morgan fingerprint density at radius 2 is 1.93 bits per heavy atom. The second-order valence-corrected chi connectivity index (χ2v) is 5.14. The molecule has 1 aliphatic heterocycles. The highest BCUT2D eigenvalue weighted by atomic mass is 32.2. The molecule has 82 valence electrons. The van der Waals surface area contributed by atoms with E-state index in [1.54, 1.807) is 11.8 Å². The first-order chi connectivity index (χ1) is 7.20. The molecule has 1 fully saturated rings. The van der Waals surface area contributed by atoms with Crippen molar-refractivity contribution in [2.24, 2.45) is 5.73 Å². The van der Waals surface area contributed by atoms with Crippen LogP contribution in [-0.2, 0) is 0 Å². The number of thioether (sulfide) groups is 1. The zero-order valence-electron chi connectivity index (χ0n) is 9.31. The van der Waals surface area contributed by atoms with Gasteiger partial charge in [-0.2, -0.15) is 0 Å². The van der Waals surface area contributed by atoms with Gasteiger partial charge in [0.15, 0.2) is 0 Å². The molecule has 2 N–H and O–H groups in total. The van der Waals surface area contributed by atoms with Gasteiger partial charge in [0.2, 0.25) is 0 Å². The second kappa shape index (κ2) is 4.56. The van der Waals surface area contributed by atoms with Crippen molar-refractivity contribution in [3.63, 3.8) is 0 Å². The number of nitrogens with zero attached hydrogens (tertiary/aromatic N) is 1. The Bertz CT molecular complexity index is 323. The molecule has 1 saturated heterocycles. The van der Waals surface area contributed by atoms with Crippen LogP contribution in [0.15, 0.2) is 29.2 Å². The summed E-state index contributed by atoms with van der Waals surface area (Å²) in [6, 6.07) is 9.09. The zero-order chi connectivity index (χ0) is 10.8. The average Bonchev–Trinajstić information content (AvgIpc) is 2.58. The van der Waals surface area contributed by atoms with E-state index in [2.05, 4.69) is 42.5 Å². The Hall–Kier alpha value is -0.510. The maximum Gasteiger partial charge on any atom is 0.0249 e. The van der Waals surface area contributed by atoms with Crippen molar-refractivity contribution < 1.29 is 0 Å². The molecule has 1 aliphatic rings. The fourth-order valence-electron chi connectivity index (χ4n) is 2.24. The largest absolute Gasteiger partial charge is 0.326 e. The van der Waals surface area contributed by atoms with Gasteiger partial charge in [-0.15, -0.1) is 11.8 Å². The van der Waals surface area contributed by atoms with Crippen molar-refractivity contribution >= 4 is 11.8 Å². The number of rotatable bonds is 2. The second-order valence-electron chi connectivity index (χ2n) is 4.26. The van der Waals surface area contributed by atoms with Gasteiger partial charge >= 0.3 is 0 Å². The molecule has 0 spiro atoms. The fourth-order valence-corrected chi connectivity index (χ4v) is 2.64. The lowest BCUT2D eigenvalue weighted by atomic mass is 9.95. The maximum atomic E-state index is 6.13. The maximum absolute atomic E-state index is 6.13. The summed E-state index contributed by atoms with van der Waals surface area (Å²) < 4.78 is 0. The summed E-state index contributed by atoms with van der Waals surface area (Å²) in [5, 5.41) is 0. The molecule has 1 aromatic carbocycles. The van der Waals surface area contributed by atoms with Crippen LogP contribution >= 0.6 is 11.8 Å². The average molecular weight is 222 g/mol. The first-order valence-corrected chi connectivity index (χ1v) is 6.51. The van der Waals surface area contributed by atoms with E-state index >= 15 is 0 Å². The third-order valence-electron chi connectivity index (χ3n) is 3.09. The standard InChI is InChI=1S/C12H18N2S/c1-14-7-11(12(13)8-14)9-3-5-10(15-2)6-4-9/h3-6,11-12H,7-8,13H2,1-2H3. The summed E-state index contributed by atoms with van der Waals surface area (Å²) in [6.07, 6.45) is 2.10. The minimum Gasteiger partial charge on any atom is -0.326 e. The van der Waals surface area contributed by atoms with Crippen LogP contribution < -0.4 is 5.73 Å². The van der Waals surface area contributed by atoms with Gasteiger partial charge in [-0.1, -0.05) is 12.1 Å². The van der Waals surface area contributed by atoms with E-state index in [0.29, 0.717) is 5.92 Å². The quantitative estimate of drug-likeness (QED) is 0.773. The molecule has 1 aromatic rings. The van der Waals surface area contributed by atoms with Crippen molar-refractivity contribution in [2.45, 2.75) is 16.9 Å². The van der Waals surface area contributed by atoms with Gasteiger partial charge in [0.25, 0.3) is 0 Å². The lowest BCUT2D eigenvalue weighted by Crippen LogP contribution is -2.27. The summed E-state index contributed by atoms with van der Waals surface area (Å²) in [5.41, 5.74) is 7.50. The molecule has 0 aromatic heterocycles. The summed E-state index contributed by atoms with van der Waals surface area (Å²) in [4.78, 5) is 3.62. The van der Waals surface area contributed by atoms with Crippen LogP contribution in [0, 0.1) is 0 Å². The summed E-state index contributed by atoms with van der Waals surface area (Å²) >= 11 is 1.78. The molecule has 0 saturated carbocycles. The summed E-state index contributed by atoms with van der Waals surface area (Å²) in [7, 11) is 2.14. The summed E-state index contributed by atoms with van der Waals surface area (Å²) in [5.74, 6) is 0.505. The van der Waals surface area contributed by atoms with Crippen molar-refractivity contribution in [1.29, 1.82) is 0 Å². The molecule has 0 amide bonds. The van der Waals surface area contributed by atoms with Crippen LogP contribution in [0.1, 0.15) is 11.5 Å². The van der Waals surface area contributed by atoms with E-state index in [1.807, 2.05) is 0 Å². The third-order valence-corrected chi connectivity index (χ3v) is 3.84. The van der Waals surface area contributed by atoms with E-state index in [9.17, 15) is 0 Å². The SMILES string of the molecule is CSc1ccc(C2CN(C)CC2N)cc1. The lowest BCUT2D eigenvalue weighted by Gasteiger charge is -2.14. The zero-order valence-corrected chi connectivity index (χ0v) is 10.1. The molecule has 1 heterocycles. The molecule has 2 unspecified atom stereocenters. The molecular formula is C12H18N2S. The Kier molecular flexibility index (Phi) is 3.34. The fraction of sp³-hybridized carbons (Fsp3) is 0.500. The number of hydrogen-bond donors (Lipinski definition) is 1. The van der Waals surface area contributed by atoms with Crippen molar-refractivity contribution in [3.8, 4) is 0 Å². The first kappa shape index (κ1) is 11.0. The predicted octanol–water partition coefficient (Wildman–Crippen LogP) is 1.76. The van der Waals surface area contributed by atoms with Gasteiger partial charge in [0.05, 0.1) is 0 Å². The molecule has 0 bridgehead atoms. The highest BCUT2D eigenvalue weighted by Gasteiger charge is 2.28. The minimum atomic E-state index is 0.287.